The molecule has 0 aromatic rings. The number of fused-ring (bicyclic) bond motifs is 1. The average molecular weight is 455 g/mol. The molecule has 4 aliphatic rings. The third kappa shape index (κ3) is 4.08. The molecule has 4 nitrogen and oxygen atoms in total. The number of ether oxygens (including phenoxy) is 1. The maximum atomic E-state index is 11.8. The molecular weight excluding hydrogens is 412 g/mol. The predicted molar refractivity (Wildman–Crippen MR) is 131 cm³/mol. The number of rotatable bonds is 4. The Labute approximate surface area is 199 Å². The zero-order valence-electron chi connectivity index (χ0n) is 20.9. The molecule has 0 amide bonds. The first kappa shape index (κ1) is 24.5. The van der Waals surface area contributed by atoms with Crippen LogP contribution in [0.5, 0.6) is 0 Å². The van der Waals surface area contributed by atoms with Crippen molar-refractivity contribution in [2.45, 2.75) is 97.4 Å². The molecule has 4 fully saturated rings. The lowest BCUT2D eigenvalue weighted by atomic mass is 9.53. The van der Waals surface area contributed by atoms with Crippen molar-refractivity contribution in [1.82, 2.24) is 0 Å². The Morgan fingerprint density at radius 1 is 1.18 bits per heavy atom. The Morgan fingerprint density at radius 3 is 2.58 bits per heavy atom. The van der Waals surface area contributed by atoms with Crippen LogP contribution in [0.1, 0.15) is 79.1 Å². The number of esters is 1. The number of carbonyl (C=O) groups is 1. The molecule has 0 aromatic heterocycles. The topological polar surface area (TPSA) is 66.8 Å². The highest BCUT2D eigenvalue weighted by Crippen LogP contribution is 2.67. The number of hydrogen-bond donors (Lipinski definition) is 2. The molecule has 4 rings (SSSR count). The van der Waals surface area contributed by atoms with Gasteiger partial charge in [0.1, 0.15) is 6.10 Å². The van der Waals surface area contributed by atoms with Gasteiger partial charge in [-0.1, -0.05) is 58.6 Å². The minimum atomic E-state index is -0.678. The van der Waals surface area contributed by atoms with Crippen molar-refractivity contribution in [1.29, 1.82) is 0 Å². The molecular formula is C29H42O4. The van der Waals surface area contributed by atoms with Crippen molar-refractivity contribution in [2.24, 2.45) is 28.6 Å². The van der Waals surface area contributed by atoms with E-state index in [-0.39, 0.29) is 28.8 Å². The Hall–Kier alpha value is -1.65. The van der Waals surface area contributed by atoms with Gasteiger partial charge in [0.15, 0.2) is 0 Å². The minimum absolute atomic E-state index is 0.0173. The van der Waals surface area contributed by atoms with Gasteiger partial charge in [-0.25, -0.2) is 4.79 Å². The number of aliphatic hydroxyl groups excluding tert-OH is 2. The monoisotopic (exact) mass is 454 g/mol. The highest BCUT2D eigenvalue weighted by Gasteiger charge is 2.58. The lowest BCUT2D eigenvalue weighted by Crippen LogP contribution is -2.43. The highest BCUT2D eigenvalue weighted by atomic mass is 16.5. The molecule has 0 aromatic carbocycles. The molecule has 1 heterocycles. The lowest BCUT2D eigenvalue weighted by Gasteiger charge is -2.51. The summed E-state index contributed by atoms with van der Waals surface area (Å²) in [5, 5.41) is 20.8. The van der Waals surface area contributed by atoms with E-state index in [1.807, 2.05) is 6.92 Å². The van der Waals surface area contributed by atoms with E-state index < -0.39 is 12.2 Å². The van der Waals surface area contributed by atoms with Crippen molar-refractivity contribution in [3.8, 4) is 0 Å². The minimum Gasteiger partial charge on any atom is -0.459 e. The third-order valence-electron chi connectivity index (χ3n) is 10.0. The van der Waals surface area contributed by atoms with E-state index >= 15 is 0 Å². The Balaban J connectivity index is 1.54. The average Bonchev–Trinajstić information content (AvgIpc) is 3.23. The van der Waals surface area contributed by atoms with Crippen molar-refractivity contribution in [2.75, 3.05) is 0 Å². The lowest BCUT2D eigenvalue weighted by molar-refractivity contribution is -0.139. The largest absolute Gasteiger partial charge is 0.459 e. The van der Waals surface area contributed by atoms with Crippen molar-refractivity contribution in [3.05, 3.63) is 47.6 Å². The van der Waals surface area contributed by atoms with Gasteiger partial charge in [0.25, 0.3) is 0 Å². The second-order valence-electron chi connectivity index (χ2n) is 11.8. The summed E-state index contributed by atoms with van der Waals surface area (Å²) in [7, 11) is 0. The number of allylic oxidation sites excluding steroid dienone is 3. The maximum Gasteiger partial charge on any atom is 0.333 e. The van der Waals surface area contributed by atoms with Gasteiger partial charge in [0, 0.05) is 17.9 Å². The summed E-state index contributed by atoms with van der Waals surface area (Å²) in [6.45, 7) is 17.1. The third-order valence-corrected chi connectivity index (χ3v) is 10.0. The summed E-state index contributed by atoms with van der Waals surface area (Å²) in [5.41, 5.74) is 4.18. The quantitative estimate of drug-likeness (QED) is 0.425. The van der Waals surface area contributed by atoms with E-state index in [1.165, 1.54) is 31.3 Å². The molecule has 1 aliphatic heterocycles. The van der Waals surface area contributed by atoms with Crippen LogP contribution in [0, 0.1) is 28.6 Å². The fraction of sp³-hybridized carbons (Fsp3) is 0.690. The van der Waals surface area contributed by atoms with E-state index in [2.05, 4.69) is 46.1 Å². The van der Waals surface area contributed by atoms with Crippen LogP contribution < -0.4 is 0 Å². The van der Waals surface area contributed by atoms with Gasteiger partial charge in [0.2, 0.25) is 0 Å². The van der Waals surface area contributed by atoms with E-state index in [1.54, 1.807) is 0 Å². The van der Waals surface area contributed by atoms with E-state index in [0.717, 1.165) is 24.0 Å². The standard InChI is InChI=1S/C29H42O4/c1-17(14-23-15-18(2)27(32)33-23)24-11-13-28(5)22(8-7-12-29(24,28)6)10-9-21-16-25(30)20(4)26(31)19(21)3/h9-10,17,20,23-26,30-31H,2-3,7-8,11-16H2,1,4-6H3/t17-,20+,23+,24-,25-,26+,28+,29-/m1/s1. The Kier molecular flexibility index (Phi) is 6.56. The zero-order valence-corrected chi connectivity index (χ0v) is 20.9. The summed E-state index contributed by atoms with van der Waals surface area (Å²) in [6.07, 6.45) is 11.2. The van der Waals surface area contributed by atoms with Crippen molar-refractivity contribution in [3.63, 3.8) is 0 Å². The summed E-state index contributed by atoms with van der Waals surface area (Å²) in [6, 6.07) is 0. The van der Waals surface area contributed by atoms with Crippen LogP contribution in [0.3, 0.4) is 0 Å². The van der Waals surface area contributed by atoms with Crippen molar-refractivity contribution >= 4 is 5.97 Å². The van der Waals surface area contributed by atoms with Gasteiger partial charge in [-0.3, -0.25) is 0 Å². The number of cyclic esters (lactones) is 1. The number of aliphatic hydroxyl groups is 2. The van der Waals surface area contributed by atoms with Gasteiger partial charge in [-0.2, -0.15) is 0 Å². The number of hydrogen-bond acceptors (Lipinski definition) is 4. The van der Waals surface area contributed by atoms with Gasteiger partial charge in [-0.15, -0.1) is 0 Å². The van der Waals surface area contributed by atoms with E-state index in [4.69, 9.17) is 4.74 Å². The SMILES string of the molecule is C=C1C[C@H](C[C@@H](C)[C@H]2CC[C@@]3(C)C(=CC=C4C[C@@H](O)[C@H](C)[C@@H](O)C4=C)CCC[C@]23C)OC1=O. The molecule has 0 spiro atoms. The Bertz CT molecular complexity index is 881. The van der Waals surface area contributed by atoms with Crippen LogP contribution in [-0.4, -0.2) is 34.5 Å². The summed E-state index contributed by atoms with van der Waals surface area (Å²) < 4.78 is 5.55. The summed E-state index contributed by atoms with van der Waals surface area (Å²) in [4.78, 5) is 11.8. The molecule has 0 unspecified atom stereocenters. The fourth-order valence-corrected chi connectivity index (χ4v) is 7.53. The van der Waals surface area contributed by atoms with Gasteiger partial charge >= 0.3 is 5.97 Å². The predicted octanol–water partition coefficient (Wildman–Crippen LogP) is 5.66. The van der Waals surface area contributed by atoms with Crippen LogP contribution in [0.2, 0.25) is 0 Å². The zero-order chi connectivity index (χ0) is 24.1. The second kappa shape index (κ2) is 8.85. The molecule has 0 bridgehead atoms. The molecule has 182 valence electrons. The molecule has 8 atom stereocenters. The van der Waals surface area contributed by atoms with E-state index in [9.17, 15) is 15.0 Å². The summed E-state index contributed by atoms with van der Waals surface area (Å²) in [5.74, 6) is 0.689. The Morgan fingerprint density at radius 2 is 1.91 bits per heavy atom. The normalized spacial score (nSPS) is 44.9. The molecule has 4 heteroatoms. The molecule has 3 saturated carbocycles. The van der Waals surface area contributed by atoms with Gasteiger partial charge in [0.05, 0.1) is 12.2 Å². The van der Waals surface area contributed by atoms with Crippen molar-refractivity contribution < 1.29 is 19.7 Å². The first-order chi connectivity index (χ1) is 15.5. The molecule has 33 heavy (non-hydrogen) atoms. The molecule has 2 N–H and O–H groups in total. The fourth-order valence-electron chi connectivity index (χ4n) is 7.53. The van der Waals surface area contributed by atoms with Crippen LogP contribution in [0.15, 0.2) is 47.6 Å². The number of carbonyl (C=O) groups excluding carboxylic acids is 1. The van der Waals surface area contributed by atoms with Gasteiger partial charge < -0.3 is 14.9 Å². The van der Waals surface area contributed by atoms with Crippen LogP contribution >= 0.6 is 0 Å². The summed E-state index contributed by atoms with van der Waals surface area (Å²) >= 11 is 0. The first-order valence-corrected chi connectivity index (χ1v) is 12.8. The smallest absolute Gasteiger partial charge is 0.333 e. The van der Waals surface area contributed by atoms with Crippen LogP contribution in [0.25, 0.3) is 0 Å². The molecule has 3 aliphatic carbocycles. The maximum absolute atomic E-state index is 11.8. The second-order valence-corrected chi connectivity index (χ2v) is 11.8. The first-order valence-electron chi connectivity index (χ1n) is 12.8. The van der Waals surface area contributed by atoms with Crippen LogP contribution in [0.4, 0.5) is 0 Å². The molecule has 1 saturated heterocycles. The molecule has 0 radical (unpaired) electrons. The highest BCUT2D eigenvalue weighted by molar-refractivity contribution is 5.89. The van der Waals surface area contributed by atoms with Crippen LogP contribution in [-0.2, 0) is 9.53 Å². The van der Waals surface area contributed by atoms with E-state index in [0.29, 0.717) is 30.3 Å². The van der Waals surface area contributed by atoms with Gasteiger partial charge in [-0.05, 0) is 78.8 Å².